The third-order valence-corrected chi connectivity index (χ3v) is 0.599. The number of alkyl carbamates (subject to hydrolysis) is 1. The Morgan fingerprint density at radius 2 is 2.10 bits per heavy atom. The SMILES string of the molecule is CC.COC(=O)NCCN. The second-order valence-corrected chi connectivity index (χ2v) is 1.21. The van der Waals surface area contributed by atoms with Gasteiger partial charge in [0.1, 0.15) is 0 Å². The summed E-state index contributed by atoms with van der Waals surface area (Å²) >= 11 is 0. The summed E-state index contributed by atoms with van der Waals surface area (Å²) in [6.07, 6.45) is -0.435. The molecule has 0 unspecified atom stereocenters. The van der Waals surface area contributed by atoms with Gasteiger partial charge < -0.3 is 15.8 Å². The number of rotatable bonds is 2. The maximum absolute atomic E-state index is 10.2. The average molecular weight is 148 g/mol. The van der Waals surface area contributed by atoms with Gasteiger partial charge in [-0.05, 0) is 0 Å². The van der Waals surface area contributed by atoms with Crippen LogP contribution >= 0.6 is 0 Å². The normalized spacial score (nSPS) is 7.20. The number of hydrogen-bond donors (Lipinski definition) is 2. The zero-order valence-electron chi connectivity index (χ0n) is 6.81. The number of ether oxygens (including phenoxy) is 1. The molecule has 0 bridgehead atoms. The first kappa shape index (κ1) is 12.0. The number of carbonyl (C=O) groups excluding carboxylic acids is 1. The van der Waals surface area contributed by atoms with E-state index in [0.717, 1.165) is 0 Å². The summed E-state index contributed by atoms with van der Waals surface area (Å²) in [5, 5.41) is 2.40. The fraction of sp³-hybridized carbons (Fsp3) is 0.833. The van der Waals surface area contributed by atoms with Gasteiger partial charge in [0.2, 0.25) is 0 Å². The second-order valence-electron chi connectivity index (χ2n) is 1.21. The van der Waals surface area contributed by atoms with Gasteiger partial charge in [-0.2, -0.15) is 0 Å². The van der Waals surface area contributed by atoms with E-state index in [4.69, 9.17) is 5.73 Å². The Balaban J connectivity index is 0. The number of methoxy groups -OCH3 is 1. The van der Waals surface area contributed by atoms with Crippen molar-refractivity contribution >= 4 is 6.09 Å². The third-order valence-electron chi connectivity index (χ3n) is 0.599. The molecule has 0 saturated heterocycles. The quantitative estimate of drug-likeness (QED) is 0.593. The van der Waals surface area contributed by atoms with Crippen LogP contribution in [0.15, 0.2) is 0 Å². The maximum Gasteiger partial charge on any atom is 0.406 e. The average Bonchev–Trinajstić information content (AvgIpc) is 2.04. The Hall–Kier alpha value is -0.770. The molecule has 0 atom stereocenters. The molecule has 0 saturated carbocycles. The van der Waals surface area contributed by atoms with Crippen LogP contribution in [-0.4, -0.2) is 26.3 Å². The first-order valence-electron chi connectivity index (χ1n) is 3.33. The molecule has 0 rings (SSSR count). The Morgan fingerprint density at radius 3 is 2.40 bits per heavy atom. The lowest BCUT2D eigenvalue weighted by Gasteiger charge is -1.98. The molecule has 62 valence electrons. The minimum absolute atomic E-state index is 0.435. The standard InChI is InChI=1S/C4H10N2O2.C2H6/c1-8-4(7)6-3-2-5;1-2/h2-3,5H2,1H3,(H,6,7);1-2H3. The predicted molar refractivity (Wildman–Crippen MR) is 40.8 cm³/mol. The fourth-order valence-corrected chi connectivity index (χ4v) is 0.246. The van der Waals surface area contributed by atoms with E-state index in [2.05, 4.69) is 10.1 Å². The van der Waals surface area contributed by atoms with Crippen LogP contribution in [-0.2, 0) is 4.74 Å². The highest BCUT2D eigenvalue weighted by Gasteiger charge is 1.91. The summed E-state index contributed by atoms with van der Waals surface area (Å²) in [4.78, 5) is 10.2. The van der Waals surface area contributed by atoms with Crippen LogP contribution < -0.4 is 11.1 Å². The van der Waals surface area contributed by atoms with Crippen molar-refractivity contribution in [2.45, 2.75) is 13.8 Å². The minimum atomic E-state index is -0.435. The number of nitrogens with one attached hydrogen (secondary N) is 1. The van der Waals surface area contributed by atoms with E-state index in [9.17, 15) is 4.79 Å². The van der Waals surface area contributed by atoms with E-state index in [-0.39, 0.29) is 0 Å². The Kier molecular flexibility index (Phi) is 13.3. The van der Waals surface area contributed by atoms with Crippen molar-refractivity contribution in [3.8, 4) is 0 Å². The van der Waals surface area contributed by atoms with Crippen molar-refractivity contribution in [3.05, 3.63) is 0 Å². The lowest BCUT2D eigenvalue weighted by Crippen LogP contribution is -2.28. The molecular weight excluding hydrogens is 132 g/mol. The van der Waals surface area contributed by atoms with Crippen molar-refractivity contribution in [2.24, 2.45) is 5.73 Å². The summed E-state index contributed by atoms with van der Waals surface area (Å²) < 4.78 is 4.25. The first-order valence-corrected chi connectivity index (χ1v) is 3.33. The molecule has 4 heteroatoms. The zero-order valence-corrected chi connectivity index (χ0v) is 6.81. The molecule has 3 N–H and O–H groups in total. The van der Waals surface area contributed by atoms with E-state index < -0.39 is 6.09 Å². The molecule has 10 heavy (non-hydrogen) atoms. The molecule has 0 aliphatic rings. The largest absolute Gasteiger partial charge is 0.453 e. The molecule has 0 aliphatic heterocycles. The van der Waals surface area contributed by atoms with E-state index in [1.54, 1.807) is 0 Å². The highest BCUT2D eigenvalue weighted by Crippen LogP contribution is 1.66. The van der Waals surface area contributed by atoms with Crippen LogP contribution in [0.1, 0.15) is 13.8 Å². The van der Waals surface area contributed by atoms with Crippen molar-refractivity contribution < 1.29 is 9.53 Å². The van der Waals surface area contributed by atoms with Gasteiger partial charge in [-0.15, -0.1) is 0 Å². The van der Waals surface area contributed by atoms with E-state index in [1.807, 2.05) is 13.8 Å². The van der Waals surface area contributed by atoms with E-state index in [1.165, 1.54) is 7.11 Å². The maximum atomic E-state index is 10.2. The molecule has 0 aromatic heterocycles. The van der Waals surface area contributed by atoms with Crippen molar-refractivity contribution in [1.82, 2.24) is 5.32 Å². The van der Waals surface area contributed by atoms with Crippen LogP contribution in [0.25, 0.3) is 0 Å². The van der Waals surface area contributed by atoms with Crippen molar-refractivity contribution in [1.29, 1.82) is 0 Å². The number of hydrogen-bond acceptors (Lipinski definition) is 3. The molecule has 0 fully saturated rings. The van der Waals surface area contributed by atoms with Crippen LogP contribution in [0.5, 0.6) is 0 Å². The lowest BCUT2D eigenvalue weighted by atomic mass is 10.7. The summed E-state index contributed by atoms with van der Waals surface area (Å²) in [7, 11) is 1.31. The number of carbonyl (C=O) groups is 1. The van der Waals surface area contributed by atoms with Gasteiger partial charge in [-0.1, -0.05) is 13.8 Å². The number of amides is 1. The van der Waals surface area contributed by atoms with Crippen LogP contribution in [0.2, 0.25) is 0 Å². The molecule has 4 nitrogen and oxygen atoms in total. The molecule has 1 amide bonds. The monoisotopic (exact) mass is 148 g/mol. The Labute approximate surface area is 61.7 Å². The van der Waals surface area contributed by atoms with E-state index in [0.29, 0.717) is 13.1 Å². The predicted octanol–water partition coefficient (Wildman–Crippen LogP) is 0.327. The molecule has 0 aliphatic carbocycles. The summed E-state index contributed by atoms with van der Waals surface area (Å²) in [5.74, 6) is 0. The van der Waals surface area contributed by atoms with Gasteiger partial charge >= 0.3 is 6.09 Å². The topological polar surface area (TPSA) is 64.3 Å². The van der Waals surface area contributed by atoms with Crippen LogP contribution in [0.4, 0.5) is 4.79 Å². The van der Waals surface area contributed by atoms with Gasteiger partial charge in [0.15, 0.2) is 0 Å². The van der Waals surface area contributed by atoms with Crippen molar-refractivity contribution in [3.63, 3.8) is 0 Å². The molecule has 0 spiro atoms. The fourth-order valence-electron chi connectivity index (χ4n) is 0.246. The highest BCUT2D eigenvalue weighted by molar-refractivity contribution is 5.66. The number of nitrogens with two attached hydrogens (primary N) is 1. The summed E-state index contributed by atoms with van der Waals surface area (Å²) in [6, 6.07) is 0. The first-order chi connectivity index (χ1) is 4.81. The second kappa shape index (κ2) is 11.1. The minimum Gasteiger partial charge on any atom is -0.453 e. The van der Waals surface area contributed by atoms with Gasteiger partial charge in [0.25, 0.3) is 0 Å². The highest BCUT2D eigenvalue weighted by atomic mass is 16.5. The molecule has 0 aromatic carbocycles. The van der Waals surface area contributed by atoms with Crippen molar-refractivity contribution in [2.75, 3.05) is 20.2 Å². The lowest BCUT2D eigenvalue weighted by molar-refractivity contribution is 0.171. The van der Waals surface area contributed by atoms with Crippen LogP contribution in [0, 0.1) is 0 Å². The summed E-state index contributed by atoms with van der Waals surface area (Å²) in [5.41, 5.74) is 5.06. The Bertz CT molecular complexity index is 76.1. The molecule has 0 aromatic rings. The van der Waals surface area contributed by atoms with E-state index >= 15 is 0 Å². The third kappa shape index (κ3) is 10.3. The zero-order chi connectivity index (χ0) is 8.41. The van der Waals surface area contributed by atoms with Gasteiger partial charge in [0.05, 0.1) is 7.11 Å². The smallest absolute Gasteiger partial charge is 0.406 e. The van der Waals surface area contributed by atoms with Gasteiger partial charge in [0, 0.05) is 13.1 Å². The molecule has 0 heterocycles. The van der Waals surface area contributed by atoms with Gasteiger partial charge in [-0.25, -0.2) is 4.79 Å². The van der Waals surface area contributed by atoms with Crippen LogP contribution in [0.3, 0.4) is 0 Å². The molecule has 0 radical (unpaired) electrons. The summed E-state index contributed by atoms with van der Waals surface area (Å²) in [6.45, 7) is 4.90. The Morgan fingerprint density at radius 1 is 1.60 bits per heavy atom. The van der Waals surface area contributed by atoms with Gasteiger partial charge in [-0.3, -0.25) is 0 Å². The molecular formula is C6H16N2O2.